The first-order valence-corrected chi connectivity index (χ1v) is 5.92. The van der Waals surface area contributed by atoms with Crippen molar-refractivity contribution < 1.29 is 14.6 Å². The molecule has 0 aliphatic heterocycles. The summed E-state index contributed by atoms with van der Waals surface area (Å²) in [6.45, 7) is 1.93. The molecule has 0 heterocycles. The summed E-state index contributed by atoms with van der Waals surface area (Å²) in [6, 6.07) is 4.59. The molecule has 0 saturated heterocycles. The van der Waals surface area contributed by atoms with Gasteiger partial charge in [0.15, 0.2) is 0 Å². The molecule has 0 aliphatic carbocycles. The fourth-order valence-electron chi connectivity index (χ4n) is 1.36. The van der Waals surface area contributed by atoms with E-state index in [1.807, 2.05) is 0 Å². The lowest BCUT2D eigenvalue weighted by molar-refractivity contribution is 0.220. The Balaban J connectivity index is 2.55. The number of hydrogen-bond donors (Lipinski definition) is 3. The predicted molar refractivity (Wildman–Crippen MR) is 69.9 cm³/mol. The zero-order valence-electron chi connectivity index (χ0n) is 10.4. The minimum Gasteiger partial charge on any atom is -0.496 e. The smallest absolute Gasteiger partial charge is 0.315 e. The van der Waals surface area contributed by atoms with Gasteiger partial charge in [0.05, 0.1) is 19.8 Å². The molecule has 1 aromatic carbocycles. The Morgan fingerprint density at radius 3 is 2.89 bits per heavy atom. The SMILES string of the molecule is COc1cc(Cl)ccc1CNC(=O)NC(C)CO. The van der Waals surface area contributed by atoms with Gasteiger partial charge < -0.3 is 20.5 Å². The highest BCUT2D eigenvalue weighted by atomic mass is 35.5. The maximum atomic E-state index is 11.5. The van der Waals surface area contributed by atoms with Gasteiger partial charge in [0.2, 0.25) is 0 Å². The number of halogens is 1. The van der Waals surface area contributed by atoms with E-state index in [-0.39, 0.29) is 18.7 Å². The van der Waals surface area contributed by atoms with E-state index < -0.39 is 0 Å². The molecule has 0 spiro atoms. The number of aliphatic hydroxyl groups is 1. The van der Waals surface area contributed by atoms with E-state index in [0.29, 0.717) is 17.3 Å². The van der Waals surface area contributed by atoms with Crippen molar-refractivity contribution in [2.75, 3.05) is 13.7 Å². The Morgan fingerprint density at radius 1 is 1.56 bits per heavy atom. The minimum atomic E-state index is -0.339. The van der Waals surface area contributed by atoms with Crippen LogP contribution in [0, 0.1) is 0 Å². The van der Waals surface area contributed by atoms with E-state index in [2.05, 4.69) is 10.6 Å². The molecule has 2 amide bonds. The molecule has 0 aliphatic rings. The summed E-state index contributed by atoms with van der Waals surface area (Å²) in [5, 5.41) is 14.6. The molecule has 1 rings (SSSR count). The van der Waals surface area contributed by atoms with Crippen LogP contribution in [-0.4, -0.2) is 30.9 Å². The average molecular weight is 273 g/mol. The number of aliphatic hydroxyl groups excluding tert-OH is 1. The molecular formula is C12H17ClN2O3. The summed E-state index contributed by atoms with van der Waals surface area (Å²) in [7, 11) is 1.54. The second-order valence-electron chi connectivity index (χ2n) is 3.87. The van der Waals surface area contributed by atoms with Gasteiger partial charge in [-0.2, -0.15) is 0 Å². The molecule has 1 aromatic rings. The lowest BCUT2D eigenvalue weighted by Crippen LogP contribution is -2.41. The highest BCUT2D eigenvalue weighted by Crippen LogP contribution is 2.22. The number of carbonyl (C=O) groups excluding carboxylic acids is 1. The molecular weight excluding hydrogens is 256 g/mol. The van der Waals surface area contributed by atoms with Gasteiger partial charge in [0.1, 0.15) is 5.75 Å². The van der Waals surface area contributed by atoms with Crippen LogP contribution in [0.4, 0.5) is 4.79 Å². The van der Waals surface area contributed by atoms with Crippen molar-refractivity contribution in [1.29, 1.82) is 0 Å². The van der Waals surface area contributed by atoms with E-state index in [4.69, 9.17) is 21.4 Å². The number of benzene rings is 1. The molecule has 0 bridgehead atoms. The lowest BCUT2D eigenvalue weighted by Gasteiger charge is -2.13. The van der Waals surface area contributed by atoms with Gasteiger partial charge in [0.25, 0.3) is 0 Å². The second-order valence-corrected chi connectivity index (χ2v) is 4.30. The maximum Gasteiger partial charge on any atom is 0.315 e. The van der Waals surface area contributed by atoms with E-state index in [9.17, 15) is 4.79 Å². The third-order valence-electron chi connectivity index (χ3n) is 2.34. The number of urea groups is 1. The highest BCUT2D eigenvalue weighted by Gasteiger charge is 2.08. The van der Waals surface area contributed by atoms with Gasteiger partial charge in [-0.25, -0.2) is 4.79 Å². The maximum absolute atomic E-state index is 11.5. The molecule has 3 N–H and O–H groups in total. The zero-order valence-corrected chi connectivity index (χ0v) is 11.1. The highest BCUT2D eigenvalue weighted by molar-refractivity contribution is 6.30. The number of nitrogens with one attached hydrogen (secondary N) is 2. The van der Waals surface area contributed by atoms with Crippen molar-refractivity contribution in [3.8, 4) is 5.75 Å². The van der Waals surface area contributed by atoms with Crippen LogP contribution in [0.1, 0.15) is 12.5 Å². The Hall–Kier alpha value is -1.46. The van der Waals surface area contributed by atoms with Gasteiger partial charge in [-0.1, -0.05) is 17.7 Å². The number of ether oxygens (including phenoxy) is 1. The summed E-state index contributed by atoms with van der Waals surface area (Å²) >= 11 is 5.84. The lowest BCUT2D eigenvalue weighted by atomic mass is 10.2. The molecule has 1 atom stereocenters. The zero-order chi connectivity index (χ0) is 13.5. The summed E-state index contributed by atoms with van der Waals surface area (Å²) in [5.41, 5.74) is 0.828. The summed E-state index contributed by atoms with van der Waals surface area (Å²) in [4.78, 5) is 11.5. The Bertz CT molecular complexity index is 412. The first-order chi connectivity index (χ1) is 8.56. The van der Waals surface area contributed by atoms with Crippen LogP contribution in [0.15, 0.2) is 18.2 Å². The van der Waals surface area contributed by atoms with Crippen molar-refractivity contribution >= 4 is 17.6 Å². The minimum absolute atomic E-state index is 0.0995. The van der Waals surface area contributed by atoms with E-state index in [1.54, 1.807) is 32.2 Å². The fraction of sp³-hybridized carbons (Fsp3) is 0.417. The van der Waals surface area contributed by atoms with Crippen molar-refractivity contribution in [1.82, 2.24) is 10.6 Å². The summed E-state index contributed by atoms with van der Waals surface area (Å²) < 4.78 is 5.16. The molecule has 0 saturated carbocycles. The van der Waals surface area contributed by atoms with Crippen molar-refractivity contribution in [2.45, 2.75) is 19.5 Å². The van der Waals surface area contributed by atoms with Crippen LogP contribution in [-0.2, 0) is 6.54 Å². The van der Waals surface area contributed by atoms with Crippen LogP contribution < -0.4 is 15.4 Å². The molecule has 6 heteroatoms. The first-order valence-electron chi connectivity index (χ1n) is 5.54. The van der Waals surface area contributed by atoms with E-state index in [1.165, 1.54) is 0 Å². The monoisotopic (exact) mass is 272 g/mol. The molecule has 0 fully saturated rings. The third kappa shape index (κ3) is 4.43. The Labute approximate surface area is 111 Å². The number of rotatable bonds is 5. The van der Waals surface area contributed by atoms with Gasteiger partial charge >= 0.3 is 6.03 Å². The molecule has 0 aromatic heterocycles. The van der Waals surface area contributed by atoms with Gasteiger partial charge in [-0.15, -0.1) is 0 Å². The van der Waals surface area contributed by atoms with Crippen molar-refractivity contribution in [3.05, 3.63) is 28.8 Å². The van der Waals surface area contributed by atoms with Gasteiger partial charge in [-0.05, 0) is 19.1 Å². The van der Waals surface area contributed by atoms with Crippen molar-refractivity contribution in [2.24, 2.45) is 0 Å². The Kier molecular flexibility index (Phi) is 5.74. The summed E-state index contributed by atoms with van der Waals surface area (Å²) in [5.74, 6) is 0.623. The van der Waals surface area contributed by atoms with Gasteiger partial charge in [0, 0.05) is 17.1 Å². The predicted octanol–water partition coefficient (Wildman–Crippen LogP) is 1.53. The average Bonchev–Trinajstić information content (AvgIpc) is 2.36. The number of carbonyl (C=O) groups is 1. The molecule has 1 unspecified atom stereocenters. The van der Waals surface area contributed by atoms with Crippen molar-refractivity contribution in [3.63, 3.8) is 0 Å². The van der Waals surface area contributed by atoms with E-state index >= 15 is 0 Å². The Morgan fingerprint density at radius 2 is 2.28 bits per heavy atom. The first kappa shape index (κ1) is 14.6. The topological polar surface area (TPSA) is 70.6 Å². The van der Waals surface area contributed by atoms with Crippen LogP contribution >= 0.6 is 11.6 Å². The van der Waals surface area contributed by atoms with E-state index in [0.717, 1.165) is 5.56 Å². The number of hydrogen-bond acceptors (Lipinski definition) is 3. The molecule has 5 nitrogen and oxygen atoms in total. The third-order valence-corrected chi connectivity index (χ3v) is 2.57. The van der Waals surface area contributed by atoms with Crippen LogP contribution in [0.2, 0.25) is 5.02 Å². The normalized spacial score (nSPS) is 11.8. The molecule has 0 radical (unpaired) electrons. The molecule has 100 valence electrons. The quantitative estimate of drug-likeness (QED) is 0.761. The van der Waals surface area contributed by atoms with Gasteiger partial charge in [-0.3, -0.25) is 0 Å². The fourth-order valence-corrected chi connectivity index (χ4v) is 1.52. The standard InChI is InChI=1S/C12H17ClN2O3/c1-8(7-16)15-12(17)14-6-9-3-4-10(13)5-11(9)18-2/h3-5,8,16H,6-7H2,1-2H3,(H2,14,15,17). The molecule has 18 heavy (non-hydrogen) atoms. The van der Waals surface area contributed by atoms with Crippen LogP contribution in [0.5, 0.6) is 5.75 Å². The summed E-state index contributed by atoms with van der Waals surface area (Å²) in [6.07, 6.45) is 0. The van der Waals surface area contributed by atoms with Crippen LogP contribution in [0.25, 0.3) is 0 Å². The second kappa shape index (κ2) is 7.08. The number of methoxy groups -OCH3 is 1. The van der Waals surface area contributed by atoms with Crippen LogP contribution in [0.3, 0.4) is 0 Å². The largest absolute Gasteiger partial charge is 0.496 e. The number of amides is 2.